The fraction of sp³-hybridized carbons (Fsp3) is 0.263. The summed E-state index contributed by atoms with van der Waals surface area (Å²) in [7, 11) is -4.01. The number of carbonyl (C=O) groups is 1. The highest BCUT2D eigenvalue weighted by Crippen LogP contribution is 2.38. The second-order valence-corrected chi connectivity index (χ2v) is 9.30. The lowest BCUT2D eigenvalue weighted by Gasteiger charge is -2.19. The molecule has 2 heterocycles. The molecule has 0 spiro atoms. The van der Waals surface area contributed by atoms with Crippen LogP contribution in [-0.4, -0.2) is 25.4 Å². The van der Waals surface area contributed by atoms with Gasteiger partial charge < -0.3 is 9.32 Å². The Labute approximate surface area is 175 Å². The standard InChI is InChI=1S/C19H18BrN3O5S/c1-3-22-15-5-4-14(10-16(15)28-19(22)25)21-29(26,27)17-9-13(20)8-12-6-7-23(11(2)24)18(12)17/h4-5,8-10,21H,3,6-7H2,1-2H3. The zero-order valence-corrected chi connectivity index (χ0v) is 18.1. The predicted molar refractivity (Wildman–Crippen MR) is 113 cm³/mol. The quantitative estimate of drug-likeness (QED) is 0.619. The van der Waals surface area contributed by atoms with Crippen molar-refractivity contribution in [2.24, 2.45) is 0 Å². The molecular formula is C19H18BrN3O5S. The monoisotopic (exact) mass is 479 g/mol. The lowest BCUT2D eigenvalue weighted by atomic mass is 10.2. The van der Waals surface area contributed by atoms with Crippen molar-refractivity contribution in [3.8, 4) is 0 Å². The van der Waals surface area contributed by atoms with Gasteiger partial charge in [-0.2, -0.15) is 0 Å². The molecule has 1 aromatic heterocycles. The molecule has 0 bridgehead atoms. The maximum Gasteiger partial charge on any atom is 0.419 e. The molecule has 0 atom stereocenters. The van der Waals surface area contributed by atoms with E-state index in [0.29, 0.717) is 40.8 Å². The Kier molecular flexibility index (Phi) is 4.78. The van der Waals surface area contributed by atoms with Crippen LogP contribution in [0.4, 0.5) is 11.4 Å². The van der Waals surface area contributed by atoms with Crippen LogP contribution in [0.2, 0.25) is 0 Å². The number of benzene rings is 2. The summed E-state index contributed by atoms with van der Waals surface area (Å²) >= 11 is 3.35. The molecule has 3 aromatic rings. The molecule has 2 aromatic carbocycles. The zero-order chi connectivity index (χ0) is 20.9. The molecule has 4 rings (SSSR count). The Morgan fingerprint density at radius 1 is 1.28 bits per heavy atom. The van der Waals surface area contributed by atoms with Gasteiger partial charge >= 0.3 is 5.76 Å². The molecular weight excluding hydrogens is 462 g/mol. The van der Waals surface area contributed by atoms with Crippen molar-refractivity contribution >= 4 is 54.3 Å². The molecule has 29 heavy (non-hydrogen) atoms. The topological polar surface area (TPSA) is 102 Å². The van der Waals surface area contributed by atoms with Crippen LogP contribution >= 0.6 is 15.9 Å². The predicted octanol–water partition coefficient (Wildman–Crippen LogP) is 3.09. The second-order valence-electron chi connectivity index (χ2n) is 6.73. The highest BCUT2D eigenvalue weighted by Gasteiger charge is 2.31. The summed E-state index contributed by atoms with van der Waals surface area (Å²) < 4.78 is 36.2. The summed E-state index contributed by atoms with van der Waals surface area (Å²) in [5.41, 5.74) is 2.33. The summed E-state index contributed by atoms with van der Waals surface area (Å²) in [6.45, 7) is 4.12. The van der Waals surface area contributed by atoms with Crippen LogP contribution in [-0.2, 0) is 27.8 Å². The van der Waals surface area contributed by atoms with Crippen molar-refractivity contribution in [2.75, 3.05) is 16.2 Å². The van der Waals surface area contributed by atoms with Crippen LogP contribution in [0.3, 0.4) is 0 Å². The smallest absolute Gasteiger partial charge is 0.408 e. The van der Waals surface area contributed by atoms with Gasteiger partial charge in [0.05, 0.1) is 16.9 Å². The number of amides is 1. The number of rotatable bonds is 4. The Morgan fingerprint density at radius 2 is 2.03 bits per heavy atom. The number of hydrogen-bond donors (Lipinski definition) is 1. The average Bonchev–Trinajstić information content (AvgIpc) is 3.19. The summed E-state index contributed by atoms with van der Waals surface area (Å²) in [5, 5.41) is 0. The first-order chi connectivity index (χ1) is 13.7. The number of aromatic nitrogens is 1. The zero-order valence-electron chi connectivity index (χ0n) is 15.7. The first kappa shape index (κ1) is 19.7. The van der Waals surface area contributed by atoms with Crippen LogP contribution in [0.25, 0.3) is 11.1 Å². The lowest BCUT2D eigenvalue weighted by molar-refractivity contribution is -0.116. The maximum absolute atomic E-state index is 13.2. The number of carbonyl (C=O) groups excluding carboxylic acids is 1. The third-order valence-corrected chi connectivity index (χ3v) is 6.75. The van der Waals surface area contributed by atoms with Crippen LogP contribution in [0.5, 0.6) is 0 Å². The molecule has 1 aliphatic heterocycles. The molecule has 0 saturated carbocycles. The van der Waals surface area contributed by atoms with E-state index >= 15 is 0 Å². The first-order valence-corrected chi connectivity index (χ1v) is 11.3. The lowest BCUT2D eigenvalue weighted by Crippen LogP contribution is -2.28. The highest BCUT2D eigenvalue weighted by atomic mass is 79.9. The molecule has 0 radical (unpaired) electrons. The number of halogens is 1. The van der Waals surface area contributed by atoms with E-state index in [1.54, 1.807) is 12.1 Å². The number of aryl methyl sites for hydroxylation is 1. The second kappa shape index (κ2) is 7.03. The fourth-order valence-electron chi connectivity index (χ4n) is 3.63. The van der Waals surface area contributed by atoms with Gasteiger partial charge in [0.1, 0.15) is 4.90 Å². The van der Waals surface area contributed by atoms with Crippen LogP contribution in [0.1, 0.15) is 19.4 Å². The molecule has 0 saturated heterocycles. The molecule has 1 N–H and O–H groups in total. The summed E-state index contributed by atoms with van der Waals surface area (Å²) in [6.07, 6.45) is 0.582. The maximum atomic E-state index is 13.2. The van der Waals surface area contributed by atoms with Gasteiger partial charge in [0, 0.05) is 30.6 Å². The Bertz CT molecular complexity index is 1310. The molecule has 152 valence electrons. The minimum Gasteiger partial charge on any atom is -0.408 e. The number of oxazole rings is 1. The Morgan fingerprint density at radius 3 is 2.72 bits per heavy atom. The molecule has 8 nitrogen and oxygen atoms in total. The molecule has 1 aliphatic rings. The van der Waals surface area contributed by atoms with Gasteiger partial charge in [-0.15, -0.1) is 0 Å². The van der Waals surface area contributed by atoms with Gasteiger partial charge in [-0.1, -0.05) is 15.9 Å². The van der Waals surface area contributed by atoms with Gasteiger partial charge in [-0.05, 0) is 43.2 Å². The van der Waals surface area contributed by atoms with Crippen molar-refractivity contribution in [1.29, 1.82) is 0 Å². The van der Waals surface area contributed by atoms with Gasteiger partial charge in [0.2, 0.25) is 5.91 Å². The third kappa shape index (κ3) is 3.36. The number of anilines is 2. The largest absolute Gasteiger partial charge is 0.419 e. The minimum absolute atomic E-state index is 0.0160. The fourth-order valence-corrected chi connectivity index (χ4v) is 5.61. The van der Waals surface area contributed by atoms with Crippen molar-refractivity contribution in [3.63, 3.8) is 0 Å². The van der Waals surface area contributed by atoms with Crippen LogP contribution in [0, 0.1) is 0 Å². The van der Waals surface area contributed by atoms with Gasteiger partial charge in [0.25, 0.3) is 10.0 Å². The summed E-state index contributed by atoms with van der Waals surface area (Å²) in [6, 6.07) is 7.98. The number of nitrogens with zero attached hydrogens (tertiary/aromatic N) is 2. The van der Waals surface area contributed by atoms with Gasteiger partial charge in [-0.3, -0.25) is 14.1 Å². The number of fused-ring (bicyclic) bond motifs is 2. The number of hydrogen-bond acceptors (Lipinski definition) is 5. The van der Waals surface area contributed by atoms with E-state index in [4.69, 9.17) is 4.42 Å². The molecule has 0 fully saturated rings. The average molecular weight is 480 g/mol. The summed E-state index contributed by atoms with van der Waals surface area (Å²) in [5.74, 6) is -0.712. The first-order valence-electron chi connectivity index (χ1n) is 8.98. The Balaban J connectivity index is 1.78. The Hall–Kier alpha value is -2.59. The van der Waals surface area contributed by atoms with Crippen molar-refractivity contribution in [1.82, 2.24) is 4.57 Å². The van der Waals surface area contributed by atoms with Crippen molar-refractivity contribution in [3.05, 3.63) is 50.9 Å². The van der Waals surface area contributed by atoms with Crippen LogP contribution < -0.4 is 15.4 Å². The molecule has 1 amide bonds. The van der Waals surface area contributed by atoms with Gasteiger partial charge in [0.15, 0.2) is 5.58 Å². The number of sulfonamides is 1. The van der Waals surface area contributed by atoms with E-state index in [1.165, 1.54) is 28.5 Å². The highest BCUT2D eigenvalue weighted by molar-refractivity contribution is 9.10. The van der Waals surface area contributed by atoms with E-state index in [-0.39, 0.29) is 16.5 Å². The third-order valence-electron chi connectivity index (χ3n) is 4.90. The molecule has 10 heteroatoms. The summed E-state index contributed by atoms with van der Waals surface area (Å²) in [4.78, 5) is 25.4. The van der Waals surface area contributed by atoms with Gasteiger partial charge in [-0.25, -0.2) is 13.2 Å². The molecule has 0 unspecified atom stereocenters. The van der Waals surface area contributed by atoms with Crippen molar-refractivity contribution < 1.29 is 17.6 Å². The minimum atomic E-state index is -4.01. The van der Waals surface area contributed by atoms with E-state index in [0.717, 1.165) is 5.56 Å². The van der Waals surface area contributed by atoms with Crippen LogP contribution in [0.15, 0.2) is 48.9 Å². The van der Waals surface area contributed by atoms with E-state index in [2.05, 4.69) is 20.7 Å². The van der Waals surface area contributed by atoms with Crippen molar-refractivity contribution in [2.45, 2.75) is 31.7 Å². The number of nitrogens with one attached hydrogen (secondary N) is 1. The normalized spacial score (nSPS) is 13.7. The SMILES string of the molecule is CCn1c(=O)oc2cc(NS(=O)(=O)c3cc(Br)cc4c3N(C(C)=O)CC4)ccc21. The van der Waals surface area contributed by atoms with E-state index in [1.807, 2.05) is 13.0 Å². The van der Waals surface area contributed by atoms with E-state index < -0.39 is 15.8 Å². The molecule has 0 aliphatic carbocycles. The van der Waals surface area contributed by atoms with E-state index in [9.17, 15) is 18.0 Å².